The van der Waals surface area contributed by atoms with Gasteiger partial charge in [-0.3, -0.25) is 14.8 Å². The predicted molar refractivity (Wildman–Crippen MR) is 111 cm³/mol. The Hall–Kier alpha value is -2.31. The molecule has 0 amide bonds. The van der Waals surface area contributed by atoms with Gasteiger partial charge in [0.1, 0.15) is 10.3 Å². The summed E-state index contributed by atoms with van der Waals surface area (Å²) in [6.45, 7) is 3.67. The first kappa shape index (κ1) is 20.9. The molecule has 4 rings (SSSR count). The number of halogens is 2. The molecule has 1 aliphatic heterocycles. The monoisotopic (exact) mass is 499 g/mol. The summed E-state index contributed by atoms with van der Waals surface area (Å²) in [5, 5.41) is 21.2. The first-order valence-electron chi connectivity index (χ1n) is 9.44. The maximum Gasteiger partial charge on any atom is 0.352 e. The van der Waals surface area contributed by atoms with Crippen molar-refractivity contribution in [2.45, 2.75) is 38.8 Å². The molecule has 1 fully saturated rings. The number of aromatic nitrogens is 6. The van der Waals surface area contributed by atoms with Crippen molar-refractivity contribution >= 4 is 44.3 Å². The van der Waals surface area contributed by atoms with Crippen LogP contribution in [0.15, 0.2) is 10.8 Å². The molecular formula is C17H19BrClN7O4. The maximum atomic E-state index is 11.6. The van der Waals surface area contributed by atoms with Crippen molar-refractivity contribution in [3.05, 3.63) is 31.9 Å². The van der Waals surface area contributed by atoms with E-state index in [-0.39, 0.29) is 29.5 Å². The number of aryl methyl sites for hydroxylation is 1. The van der Waals surface area contributed by atoms with Crippen molar-refractivity contribution in [3.8, 4) is 5.88 Å². The highest BCUT2D eigenvalue weighted by Crippen LogP contribution is 2.34. The van der Waals surface area contributed by atoms with E-state index in [0.717, 1.165) is 18.2 Å². The number of fused-ring (bicyclic) bond motifs is 1. The average molecular weight is 501 g/mol. The molecule has 160 valence electrons. The van der Waals surface area contributed by atoms with E-state index < -0.39 is 4.92 Å². The third-order valence-electron chi connectivity index (χ3n) is 4.97. The first-order valence-corrected chi connectivity index (χ1v) is 10.6. The van der Waals surface area contributed by atoms with E-state index in [4.69, 9.17) is 21.1 Å². The lowest BCUT2D eigenvalue weighted by Crippen LogP contribution is -2.21. The average Bonchev–Trinajstić information content (AvgIpc) is 3.22. The molecule has 1 aliphatic rings. The van der Waals surface area contributed by atoms with Gasteiger partial charge in [0.25, 0.3) is 0 Å². The predicted octanol–water partition coefficient (Wildman–Crippen LogP) is 3.48. The zero-order valence-corrected chi connectivity index (χ0v) is 18.5. The van der Waals surface area contributed by atoms with Crippen LogP contribution < -0.4 is 4.74 Å². The van der Waals surface area contributed by atoms with E-state index in [2.05, 4.69) is 36.1 Å². The Bertz CT molecular complexity index is 1080. The van der Waals surface area contributed by atoms with Gasteiger partial charge in [-0.1, -0.05) is 0 Å². The standard InChI is InChI=1S/C17H19BrClN7O4/c1-10-13(26(27)28)16(23-25(10)11-3-7-29-8-4-11)30-6-2-5-24-15-12(14(18)22-24)9-20-17(19)21-15/h9,11H,2-8H2,1H3. The van der Waals surface area contributed by atoms with Gasteiger partial charge < -0.3 is 9.47 Å². The van der Waals surface area contributed by atoms with Crippen LogP contribution in [0.1, 0.15) is 31.0 Å². The fourth-order valence-electron chi connectivity index (χ4n) is 3.52. The lowest BCUT2D eigenvalue weighted by molar-refractivity contribution is -0.386. The molecule has 3 aromatic heterocycles. The fraction of sp³-hybridized carbons (Fsp3) is 0.529. The van der Waals surface area contributed by atoms with E-state index in [1.807, 2.05) is 0 Å². The summed E-state index contributed by atoms with van der Waals surface area (Å²) in [4.78, 5) is 19.3. The van der Waals surface area contributed by atoms with Gasteiger partial charge in [-0.2, -0.15) is 10.1 Å². The Balaban J connectivity index is 1.45. The van der Waals surface area contributed by atoms with Gasteiger partial charge in [-0.25, -0.2) is 9.67 Å². The SMILES string of the molecule is Cc1c([N+](=O)[O-])c(OCCCn2nc(Br)c3cnc(Cl)nc32)nn1C1CCOCC1. The minimum absolute atomic E-state index is 0.0425. The minimum atomic E-state index is -0.440. The molecule has 0 aliphatic carbocycles. The van der Waals surface area contributed by atoms with Gasteiger partial charge in [0.15, 0.2) is 5.65 Å². The minimum Gasteiger partial charge on any atom is -0.472 e. The van der Waals surface area contributed by atoms with Crippen molar-refractivity contribution in [1.29, 1.82) is 0 Å². The summed E-state index contributed by atoms with van der Waals surface area (Å²) in [6.07, 6.45) is 3.69. The smallest absolute Gasteiger partial charge is 0.352 e. The molecule has 13 heteroatoms. The van der Waals surface area contributed by atoms with Crippen molar-refractivity contribution in [2.24, 2.45) is 0 Å². The second-order valence-electron chi connectivity index (χ2n) is 6.88. The molecular weight excluding hydrogens is 482 g/mol. The number of hydrogen-bond donors (Lipinski definition) is 0. The Kier molecular flexibility index (Phi) is 6.16. The van der Waals surface area contributed by atoms with Crippen LogP contribution in [0.3, 0.4) is 0 Å². The Morgan fingerprint density at radius 3 is 2.90 bits per heavy atom. The molecule has 0 N–H and O–H groups in total. The molecule has 0 saturated carbocycles. The van der Waals surface area contributed by atoms with E-state index in [1.165, 1.54) is 0 Å². The van der Waals surface area contributed by atoms with Crippen molar-refractivity contribution < 1.29 is 14.4 Å². The lowest BCUT2D eigenvalue weighted by Gasteiger charge is -2.22. The summed E-state index contributed by atoms with van der Waals surface area (Å²) in [7, 11) is 0. The molecule has 0 aromatic carbocycles. The first-order chi connectivity index (χ1) is 14.5. The highest BCUT2D eigenvalue weighted by Gasteiger charge is 2.30. The summed E-state index contributed by atoms with van der Waals surface area (Å²) in [5.41, 5.74) is 1.01. The number of nitrogens with zero attached hydrogens (tertiary/aromatic N) is 7. The molecule has 0 atom stereocenters. The topological polar surface area (TPSA) is 123 Å². The molecule has 4 heterocycles. The van der Waals surface area contributed by atoms with Crippen LogP contribution in [0, 0.1) is 17.0 Å². The molecule has 0 unspecified atom stereocenters. The van der Waals surface area contributed by atoms with Gasteiger partial charge in [-0.05, 0) is 47.3 Å². The Labute approximate surface area is 184 Å². The van der Waals surface area contributed by atoms with Crippen LogP contribution in [0.25, 0.3) is 11.0 Å². The zero-order chi connectivity index (χ0) is 21.3. The van der Waals surface area contributed by atoms with Gasteiger partial charge in [0, 0.05) is 32.4 Å². The van der Waals surface area contributed by atoms with Gasteiger partial charge in [0.2, 0.25) is 5.28 Å². The molecule has 11 nitrogen and oxygen atoms in total. The van der Waals surface area contributed by atoms with E-state index in [9.17, 15) is 10.1 Å². The highest BCUT2D eigenvalue weighted by atomic mass is 79.9. The summed E-state index contributed by atoms with van der Waals surface area (Å²) in [5.74, 6) is 0.0425. The number of rotatable bonds is 7. The number of nitro groups is 1. The second kappa shape index (κ2) is 8.82. The van der Waals surface area contributed by atoms with E-state index in [0.29, 0.717) is 42.1 Å². The summed E-state index contributed by atoms with van der Waals surface area (Å²) < 4.78 is 15.1. The van der Waals surface area contributed by atoms with Gasteiger partial charge in [0.05, 0.1) is 23.0 Å². The van der Waals surface area contributed by atoms with Crippen LogP contribution >= 0.6 is 27.5 Å². The lowest BCUT2D eigenvalue weighted by atomic mass is 10.1. The van der Waals surface area contributed by atoms with Crippen LogP contribution in [0.5, 0.6) is 5.88 Å². The number of ether oxygens (including phenoxy) is 2. The maximum absolute atomic E-state index is 11.6. The van der Waals surface area contributed by atoms with E-state index >= 15 is 0 Å². The summed E-state index contributed by atoms with van der Waals surface area (Å²) >= 11 is 9.26. The van der Waals surface area contributed by atoms with Crippen LogP contribution in [0.2, 0.25) is 5.28 Å². The van der Waals surface area contributed by atoms with Crippen molar-refractivity contribution in [2.75, 3.05) is 19.8 Å². The molecule has 1 saturated heterocycles. The van der Waals surface area contributed by atoms with Crippen molar-refractivity contribution in [1.82, 2.24) is 29.5 Å². The molecule has 0 bridgehead atoms. The Morgan fingerprint density at radius 1 is 1.40 bits per heavy atom. The van der Waals surface area contributed by atoms with Crippen LogP contribution in [-0.4, -0.2) is 54.3 Å². The van der Waals surface area contributed by atoms with Gasteiger partial charge in [-0.15, -0.1) is 5.10 Å². The van der Waals surface area contributed by atoms with Crippen LogP contribution in [0.4, 0.5) is 5.69 Å². The zero-order valence-electron chi connectivity index (χ0n) is 16.1. The Morgan fingerprint density at radius 2 is 2.17 bits per heavy atom. The fourth-order valence-corrected chi connectivity index (χ4v) is 4.12. The molecule has 3 aromatic rings. The van der Waals surface area contributed by atoms with Crippen LogP contribution in [-0.2, 0) is 11.3 Å². The van der Waals surface area contributed by atoms with E-state index in [1.54, 1.807) is 22.5 Å². The largest absolute Gasteiger partial charge is 0.472 e. The third-order valence-corrected chi connectivity index (χ3v) is 5.74. The molecule has 0 spiro atoms. The number of hydrogen-bond acceptors (Lipinski definition) is 8. The highest BCUT2D eigenvalue weighted by molar-refractivity contribution is 9.10. The second-order valence-corrected chi connectivity index (χ2v) is 7.97. The van der Waals surface area contributed by atoms with Crippen molar-refractivity contribution in [3.63, 3.8) is 0 Å². The molecule has 0 radical (unpaired) electrons. The summed E-state index contributed by atoms with van der Waals surface area (Å²) in [6, 6.07) is 0.0759. The van der Waals surface area contributed by atoms with Gasteiger partial charge >= 0.3 is 11.6 Å². The normalized spacial score (nSPS) is 15.0. The molecule has 30 heavy (non-hydrogen) atoms. The quantitative estimate of drug-likeness (QED) is 0.209. The third kappa shape index (κ3) is 4.12.